The first kappa shape index (κ1) is 33.2. The lowest BCUT2D eigenvalue weighted by molar-refractivity contribution is 0.0684. The number of rotatable bonds is 17. The fourth-order valence-corrected chi connectivity index (χ4v) is 5.49. The van der Waals surface area contributed by atoms with Crippen LogP contribution in [0.5, 0.6) is 0 Å². The van der Waals surface area contributed by atoms with E-state index in [1.165, 1.54) is 0 Å². The lowest BCUT2D eigenvalue weighted by Crippen LogP contribution is -2.20. The van der Waals surface area contributed by atoms with Crippen molar-refractivity contribution in [3.05, 3.63) is 57.6 Å². The highest BCUT2D eigenvalue weighted by atomic mass is 16.4. The molecule has 0 heterocycles. The lowest BCUT2D eigenvalue weighted by atomic mass is 9.79. The van der Waals surface area contributed by atoms with E-state index in [0.29, 0.717) is 35.3 Å². The van der Waals surface area contributed by atoms with Gasteiger partial charge in [-0.05, 0) is 83.7 Å². The molecular weight excluding hydrogens is 500 g/mol. The molecule has 0 saturated carbocycles. The van der Waals surface area contributed by atoms with Crippen LogP contribution in [0, 0.1) is 0 Å². The fourth-order valence-electron chi connectivity index (χ4n) is 5.49. The van der Waals surface area contributed by atoms with Crippen LogP contribution in [-0.4, -0.2) is 22.2 Å². The minimum Gasteiger partial charge on any atom is -0.478 e. The van der Waals surface area contributed by atoms with Gasteiger partial charge in [-0.25, -0.2) is 9.59 Å². The summed E-state index contributed by atoms with van der Waals surface area (Å²) in [6.45, 7) is 12.8. The maximum absolute atomic E-state index is 11.8. The summed E-state index contributed by atoms with van der Waals surface area (Å²) in [5.74, 6) is -1.83. The summed E-state index contributed by atoms with van der Waals surface area (Å²) in [6.07, 6.45) is 11.6. The molecule has 6 N–H and O–H groups in total. The number of carbonyl (C=O) groups is 2. The Morgan fingerprint density at radius 2 is 0.900 bits per heavy atom. The van der Waals surface area contributed by atoms with Gasteiger partial charge in [-0.3, -0.25) is 0 Å². The molecule has 0 aliphatic rings. The van der Waals surface area contributed by atoms with E-state index in [1.54, 1.807) is 12.1 Å². The highest BCUT2D eigenvalue weighted by Gasteiger charge is 2.26. The largest absolute Gasteiger partial charge is 0.478 e. The SMILES string of the molecule is CCC(C)(C)c1ccc(C(=O)O)c(CCCCCCCCCCc2c(C(=O)O)ccc(C(C)(C)CC)c2N)c1N. The number of aromatic carboxylic acids is 2. The molecule has 0 aliphatic carbocycles. The van der Waals surface area contributed by atoms with Gasteiger partial charge in [0.15, 0.2) is 0 Å². The maximum Gasteiger partial charge on any atom is 0.336 e. The third-order valence-corrected chi connectivity index (χ3v) is 9.00. The van der Waals surface area contributed by atoms with Crippen LogP contribution in [0.25, 0.3) is 0 Å². The number of carboxylic acids is 2. The van der Waals surface area contributed by atoms with E-state index in [9.17, 15) is 19.8 Å². The Hall–Kier alpha value is -3.02. The standard InChI is InChI=1S/C34H52N2O4/c1-7-33(3,4)27-21-19-25(31(37)38)23(29(27)35)17-15-13-11-9-10-12-14-16-18-24-26(32(39)40)20-22-28(30(24)36)34(5,6)8-2/h19-22H,7-18,35-36H2,1-6H3,(H,37,38)(H,39,40). The Morgan fingerprint density at radius 1 is 0.600 bits per heavy atom. The Labute approximate surface area is 241 Å². The van der Waals surface area contributed by atoms with E-state index < -0.39 is 11.9 Å². The molecule has 0 aliphatic heterocycles. The van der Waals surface area contributed by atoms with Crippen molar-refractivity contribution in [1.82, 2.24) is 0 Å². The monoisotopic (exact) mass is 552 g/mol. The number of hydrogen-bond donors (Lipinski definition) is 4. The number of nitrogens with two attached hydrogens (primary N) is 2. The third-order valence-electron chi connectivity index (χ3n) is 9.00. The van der Waals surface area contributed by atoms with Crippen LogP contribution in [-0.2, 0) is 23.7 Å². The molecule has 0 aromatic heterocycles. The van der Waals surface area contributed by atoms with Crippen molar-refractivity contribution in [2.75, 3.05) is 11.5 Å². The highest BCUT2D eigenvalue weighted by molar-refractivity contribution is 5.92. The van der Waals surface area contributed by atoms with Crippen LogP contribution >= 0.6 is 0 Å². The minimum atomic E-state index is -0.916. The maximum atomic E-state index is 11.8. The molecule has 0 spiro atoms. The number of nitrogen functional groups attached to an aromatic ring is 2. The van der Waals surface area contributed by atoms with Gasteiger partial charge in [-0.15, -0.1) is 0 Å². The second-order valence-corrected chi connectivity index (χ2v) is 12.5. The zero-order chi connectivity index (χ0) is 30.1. The van der Waals surface area contributed by atoms with Crippen molar-refractivity contribution in [3.8, 4) is 0 Å². The number of benzene rings is 2. The van der Waals surface area contributed by atoms with E-state index in [1.807, 2.05) is 12.1 Å². The summed E-state index contributed by atoms with van der Waals surface area (Å²) < 4.78 is 0. The molecule has 2 aromatic carbocycles. The van der Waals surface area contributed by atoms with Gasteiger partial charge in [0, 0.05) is 11.4 Å². The first-order valence-corrected chi connectivity index (χ1v) is 15.1. The molecule has 0 radical (unpaired) electrons. The molecule has 0 unspecified atom stereocenters. The van der Waals surface area contributed by atoms with Gasteiger partial charge >= 0.3 is 11.9 Å². The molecule has 0 saturated heterocycles. The van der Waals surface area contributed by atoms with Gasteiger partial charge in [0.05, 0.1) is 11.1 Å². The van der Waals surface area contributed by atoms with Crippen molar-refractivity contribution in [2.45, 2.75) is 129 Å². The van der Waals surface area contributed by atoms with Crippen molar-refractivity contribution < 1.29 is 19.8 Å². The van der Waals surface area contributed by atoms with E-state index in [4.69, 9.17) is 11.5 Å². The number of hydrogen-bond acceptors (Lipinski definition) is 4. The Morgan fingerprint density at radius 3 is 1.18 bits per heavy atom. The van der Waals surface area contributed by atoms with Crippen LogP contribution in [0.4, 0.5) is 11.4 Å². The number of unbranched alkanes of at least 4 members (excludes halogenated alkanes) is 7. The first-order chi connectivity index (χ1) is 18.8. The van der Waals surface area contributed by atoms with E-state index in [2.05, 4.69) is 41.5 Å². The van der Waals surface area contributed by atoms with Crippen molar-refractivity contribution >= 4 is 23.3 Å². The molecule has 0 bridgehead atoms. The molecule has 0 amide bonds. The summed E-state index contributed by atoms with van der Waals surface area (Å²) >= 11 is 0. The van der Waals surface area contributed by atoms with E-state index in [-0.39, 0.29) is 10.8 Å². The second-order valence-electron chi connectivity index (χ2n) is 12.5. The summed E-state index contributed by atoms with van der Waals surface area (Å²) in [4.78, 5) is 23.6. The second kappa shape index (κ2) is 14.6. The first-order valence-electron chi connectivity index (χ1n) is 15.1. The Kier molecular flexibility index (Phi) is 12.1. The lowest BCUT2D eigenvalue weighted by Gasteiger charge is -2.27. The van der Waals surface area contributed by atoms with Gasteiger partial charge in [0.25, 0.3) is 0 Å². The number of carboxylic acid groups (broad SMARTS) is 2. The summed E-state index contributed by atoms with van der Waals surface area (Å²) in [7, 11) is 0. The molecule has 6 nitrogen and oxygen atoms in total. The third kappa shape index (κ3) is 8.25. The fraction of sp³-hybridized carbons (Fsp3) is 0.588. The topological polar surface area (TPSA) is 127 Å². The average molecular weight is 553 g/mol. The summed E-state index contributed by atoms with van der Waals surface area (Å²) in [5, 5.41) is 19.4. The summed E-state index contributed by atoms with van der Waals surface area (Å²) in [6, 6.07) is 7.19. The van der Waals surface area contributed by atoms with Crippen LogP contribution < -0.4 is 11.5 Å². The molecule has 0 fully saturated rings. The van der Waals surface area contributed by atoms with Crippen molar-refractivity contribution in [2.24, 2.45) is 0 Å². The van der Waals surface area contributed by atoms with E-state index >= 15 is 0 Å². The van der Waals surface area contributed by atoms with Gasteiger partial charge in [0.1, 0.15) is 0 Å². The molecule has 0 atom stereocenters. The minimum absolute atomic E-state index is 0.0916. The number of anilines is 2. The molecule has 222 valence electrons. The predicted octanol–water partition coefficient (Wildman–Crippen LogP) is 8.53. The molecule has 40 heavy (non-hydrogen) atoms. The average Bonchev–Trinajstić information content (AvgIpc) is 2.90. The van der Waals surface area contributed by atoms with Crippen LogP contribution in [0.1, 0.15) is 149 Å². The quantitative estimate of drug-likeness (QED) is 0.115. The molecular formula is C34H52N2O4. The van der Waals surface area contributed by atoms with Crippen LogP contribution in [0.2, 0.25) is 0 Å². The zero-order valence-electron chi connectivity index (χ0n) is 25.7. The predicted molar refractivity (Wildman–Crippen MR) is 167 cm³/mol. The zero-order valence-corrected chi connectivity index (χ0v) is 25.7. The smallest absolute Gasteiger partial charge is 0.336 e. The Bertz CT molecular complexity index is 1080. The van der Waals surface area contributed by atoms with Gasteiger partial charge in [0.2, 0.25) is 0 Å². The highest BCUT2D eigenvalue weighted by Crippen LogP contribution is 2.36. The Balaban J connectivity index is 1.82. The van der Waals surface area contributed by atoms with Gasteiger partial charge in [-0.1, -0.05) is 92.2 Å². The molecule has 6 heteroatoms. The van der Waals surface area contributed by atoms with Gasteiger partial charge in [-0.2, -0.15) is 0 Å². The van der Waals surface area contributed by atoms with Gasteiger partial charge < -0.3 is 21.7 Å². The van der Waals surface area contributed by atoms with Crippen molar-refractivity contribution in [1.29, 1.82) is 0 Å². The van der Waals surface area contributed by atoms with E-state index in [0.717, 1.165) is 86.5 Å². The normalized spacial score (nSPS) is 12.1. The van der Waals surface area contributed by atoms with Crippen LogP contribution in [0.3, 0.4) is 0 Å². The molecule has 2 rings (SSSR count). The summed E-state index contributed by atoms with van der Waals surface area (Å²) in [5.41, 5.74) is 18.4. The molecule has 2 aromatic rings. The van der Waals surface area contributed by atoms with Crippen molar-refractivity contribution in [3.63, 3.8) is 0 Å². The van der Waals surface area contributed by atoms with Crippen LogP contribution in [0.15, 0.2) is 24.3 Å².